The average molecular weight is 491 g/mol. The van der Waals surface area contributed by atoms with Gasteiger partial charge in [0.05, 0.1) is 14.2 Å². The first-order valence-corrected chi connectivity index (χ1v) is 12.8. The molecule has 0 heterocycles. The van der Waals surface area contributed by atoms with Gasteiger partial charge in [0.2, 0.25) is 0 Å². The molecule has 38 heavy (non-hydrogen) atoms. The van der Waals surface area contributed by atoms with E-state index in [1.165, 1.54) is 43.1 Å². The molecule has 182 valence electrons. The zero-order chi connectivity index (χ0) is 25.6. The molecule has 7 aromatic carbocycles. The van der Waals surface area contributed by atoms with Crippen molar-refractivity contribution in [3.05, 3.63) is 121 Å². The second-order valence-corrected chi connectivity index (χ2v) is 9.63. The maximum atomic E-state index is 6.07. The van der Waals surface area contributed by atoms with E-state index in [1.54, 1.807) is 14.2 Å². The van der Waals surface area contributed by atoms with E-state index in [0.29, 0.717) is 0 Å². The van der Waals surface area contributed by atoms with Crippen LogP contribution in [0.4, 0.5) is 0 Å². The van der Waals surface area contributed by atoms with Crippen LogP contribution in [-0.4, -0.2) is 14.2 Å². The predicted molar refractivity (Wildman–Crippen MR) is 160 cm³/mol. The van der Waals surface area contributed by atoms with Crippen LogP contribution >= 0.6 is 0 Å². The van der Waals surface area contributed by atoms with E-state index >= 15 is 0 Å². The molecule has 0 unspecified atom stereocenters. The van der Waals surface area contributed by atoms with Crippen LogP contribution in [0.1, 0.15) is 0 Å². The van der Waals surface area contributed by atoms with Crippen LogP contribution in [0.2, 0.25) is 0 Å². The maximum Gasteiger partial charge on any atom is 0.127 e. The lowest BCUT2D eigenvalue weighted by atomic mass is 9.89. The summed E-state index contributed by atoms with van der Waals surface area (Å²) in [7, 11) is 3.49. The topological polar surface area (TPSA) is 18.5 Å². The molecule has 0 atom stereocenters. The van der Waals surface area contributed by atoms with Gasteiger partial charge in [-0.25, -0.2) is 0 Å². The third-order valence-electron chi connectivity index (χ3n) is 7.64. The molecule has 7 aromatic rings. The highest BCUT2D eigenvalue weighted by atomic mass is 16.5. The Kier molecular flexibility index (Phi) is 5.26. The second-order valence-electron chi connectivity index (χ2n) is 9.63. The summed E-state index contributed by atoms with van der Waals surface area (Å²) in [5.74, 6) is 1.64. The van der Waals surface area contributed by atoms with Gasteiger partial charge in [0.25, 0.3) is 0 Å². The molecule has 0 fully saturated rings. The number of hydrogen-bond donors (Lipinski definition) is 0. The first-order valence-electron chi connectivity index (χ1n) is 12.8. The van der Waals surface area contributed by atoms with Crippen LogP contribution in [0, 0.1) is 0 Å². The summed E-state index contributed by atoms with van der Waals surface area (Å²) in [6.45, 7) is 0. The van der Waals surface area contributed by atoms with Gasteiger partial charge in [-0.05, 0) is 78.5 Å². The first-order chi connectivity index (χ1) is 18.8. The quantitative estimate of drug-likeness (QED) is 0.229. The summed E-state index contributed by atoms with van der Waals surface area (Å²) in [5, 5.41) is 9.73. The monoisotopic (exact) mass is 490 g/mol. The van der Waals surface area contributed by atoms with Crippen LogP contribution in [-0.2, 0) is 0 Å². The molecule has 0 aromatic heterocycles. The van der Waals surface area contributed by atoms with E-state index in [9.17, 15) is 0 Å². The molecule has 0 bridgehead atoms. The van der Waals surface area contributed by atoms with Gasteiger partial charge in [0.15, 0.2) is 0 Å². The minimum absolute atomic E-state index is 0.818. The van der Waals surface area contributed by atoms with Crippen molar-refractivity contribution in [3.63, 3.8) is 0 Å². The smallest absolute Gasteiger partial charge is 0.127 e. The van der Waals surface area contributed by atoms with Crippen molar-refractivity contribution in [2.75, 3.05) is 14.2 Å². The average Bonchev–Trinajstić information content (AvgIpc) is 2.99. The lowest BCUT2D eigenvalue weighted by molar-refractivity contribution is 0.406. The molecule has 0 saturated heterocycles. The highest BCUT2D eigenvalue weighted by Crippen LogP contribution is 2.46. The fourth-order valence-electron chi connectivity index (χ4n) is 5.87. The third kappa shape index (κ3) is 3.42. The molecule has 0 amide bonds. The fraction of sp³-hybridized carbons (Fsp3) is 0.0556. The molecule has 2 heteroatoms. The van der Waals surface area contributed by atoms with Crippen molar-refractivity contribution >= 4 is 43.1 Å². The number of fused-ring (bicyclic) bond motifs is 6. The number of rotatable bonds is 4. The Morgan fingerprint density at radius 1 is 0.342 bits per heavy atom. The Hall–Kier alpha value is -4.82. The summed E-state index contributed by atoms with van der Waals surface area (Å²) < 4.78 is 12.1. The molecule has 0 aliphatic carbocycles. The van der Waals surface area contributed by atoms with Gasteiger partial charge < -0.3 is 9.47 Å². The number of methoxy groups -OCH3 is 2. The maximum absolute atomic E-state index is 6.07. The van der Waals surface area contributed by atoms with Crippen molar-refractivity contribution < 1.29 is 9.47 Å². The Bertz CT molecular complexity index is 1850. The summed E-state index contributed by atoms with van der Waals surface area (Å²) in [6, 6.07) is 43.1. The highest BCUT2D eigenvalue weighted by Gasteiger charge is 2.19. The van der Waals surface area contributed by atoms with Crippen LogP contribution in [0.25, 0.3) is 65.3 Å². The minimum Gasteiger partial charge on any atom is -0.496 e. The first kappa shape index (κ1) is 22.4. The molecule has 0 radical (unpaired) electrons. The largest absolute Gasteiger partial charge is 0.496 e. The molecular weight excluding hydrogens is 464 g/mol. The van der Waals surface area contributed by atoms with Gasteiger partial charge in [0, 0.05) is 11.1 Å². The van der Waals surface area contributed by atoms with Gasteiger partial charge in [-0.3, -0.25) is 0 Å². The highest BCUT2D eigenvalue weighted by molar-refractivity contribution is 6.16. The summed E-state index contributed by atoms with van der Waals surface area (Å²) in [5.41, 5.74) is 4.29. The van der Waals surface area contributed by atoms with Crippen LogP contribution < -0.4 is 9.47 Å². The van der Waals surface area contributed by atoms with E-state index in [2.05, 4.69) is 121 Å². The SMILES string of the molecule is COc1cc(-c2cc3ccccc3c3ccccc23)c(OC)cc1-c1cc2ccccc2c2ccccc12. The Labute approximate surface area is 221 Å². The predicted octanol–water partition coefficient (Wildman–Crippen LogP) is 9.65. The zero-order valence-corrected chi connectivity index (χ0v) is 21.4. The van der Waals surface area contributed by atoms with E-state index in [0.717, 1.165) is 33.8 Å². The van der Waals surface area contributed by atoms with Crippen LogP contribution in [0.5, 0.6) is 11.5 Å². The van der Waals surface area contributed by atoms with Crippen molar-refractivity contribution in [1.82, 2.24) is 0 Å². The van der Waals surface area contributed by atoms with Crippen molar-refractivity contribution in [2.45, 2.75) is 0 Å². The van der Waals surface area contributed by atoms with Gasteiger partial charge in [0.1, 0.15) is 11.5 Å². The van der Waals surface area contributed by atoms with Gasteiger partial charge in [-0.2, -0.15) is 0 Å². The zero-order valence-electron chi connectivity index (χ0n) is 21.4. The number of hydrogen-bond acceptors (Lipinski definition) is 2. The molecule has 0 aliphatic rings. The lowest BCUT2D eigenvalue weighted by Gasteiger charge is -2.19. The van der Waals surface area contributed by atoms with Crippen LogP contribution in [0.15, 0.2) is 121 Å². The van der Waals surface area contributed by atoms with E-state index in [4.69, 9.17) is 9.47 Å². The Balaban J connectivity index is 1.54. The van der Waals surface area contributed by atoms with E-state index in [-0.39, 0.29) is 0 Å². The molecule has 7 rings (SSSR count). The van der Waals surface area contributed by atoms with Crippen molar-refractivity contribution in [3.8, 4) is 33.8 Å². The number of benzene rings is 7. The molecule has 0 N–H and O–H groups in total. The summed E-state index contributed by atoms with van der Waals surface area (Å²) >= 11 is 0. The summed E-state index contributed by atoms with van der Waals surface area (Å²) in [4.78, 5) is 0. The van der Waals surface area contributed by atoms with Crippen LogP contribution in [0.3, 0.4) is 0 Å². The molecular formula is C36H26O2. The van der Waals surface area contributed by atoms with Crippen molar-refractivity contribution in [2.24, 2.45) is 0 Å². The van der Waals surface area contributed by atoms with Gasteiger partial charge in [-0.1, -0.05) is 97.1 Å². The normalized spacial score (nSPS) is 11.4. The molecule has 0 saturated carbocycles. The molecule has 0 aliphatic heterocycles. The van der Waals surface area contributed by atoms with Gasteiger partial charge >= 0.3 is 0 Å². The lowest BCUT2D eigenvalue weighted by Crippen LogP contribution is -1.96. The Morgan fingerprint density at radius 3 is 1.08 bits per heavy atom. The second kappa shape index (κ2) is 8.93. The van der Waals surface area contributed by atoms with E-state index in [1.807, 2.05) is 0 Å². The standard InChI is InChI=1S/C36H26O2/c1-37-35-21-34(32-20-24-12-4-6-14-26(24)28-16-8-10-18-30(28)32)36(38-2)22-33(35)31-19-23-11-3-5-13-25(23)27-15-7-9-17-29(27)31/h3-22H,1-2H3. The van der Waals surface area contributed by atoms with E-state index < -0.39 is 0 Å². The molecule has 0 spiro atoms. The van der Waals surface area contributed by atoms with Crippen molar-refractivity contribution in [1.29, 1.82) is 0 Å². The Morgan fingerprint density at radius 2 is 0.684 bits per heavy atom. The molecule has 2 nitrogen and oxygen atoms in total. The third-order valence-corrected chi connectivity index (χ3v) is 7.64. The fourth-order valence-corrected chi connectivity index (χ4v) is 5.87. The van der Waals surface area contributed by atoms with Gasteiger partial charge in [-0.15, -0.1) is 0 Å². The minimum atomic E-state index is 0.818. The summed E-state index contributed by atoms with van der Waals surface area (Å²) in [6.07, 6.45) is 0. The number of ether oxygens (including phenoxy) is 2.